The third kappa shape index (κ3) is 16.0. The summed E-state index contributed by atoms with van der Waals surface area (Å²) in [6.07, 6.45) is 5.57. The molecule has 2 fully saturated rings. The van der Waals surface area contributed by atoms with Crippen molar-refractivity contribution in [2.45, 2.75) is 76.0 Å². The first-order valence-corrected chi connectivity index (χ1v) is 19.9. The maximum absolute atomic E-state index is 12.2. The van der Waals surface area contributed by atoms with Gasteiger partial charge in [-0.3, -0.25) is 19.2 Å². The first kappa shape index (κ1) is 41.2. The Balaban J connectivity index is 0.969. The summed E-state index contributed by atoms with van der Waals surface area (Å²) in [6, 6.07) is 12.5. The lowest BCUT2D eigenvalue weighted by Crippen LogP contribution is -2.36. The minimum absolute atomic E-state index is 0.0638. The molecule has 16 heteroatoms. The highest BCUT2D eigenvalue weighted by atomic mass is 33.1. The fourth-order valence-corrected chi connectivity index (χ4v) is 7.12. The van der Waals surface area contributed by atoms with Gasteiger partial charge in [-0.2, -0.15) is 0 Å². The highest BCUT2D eigenvalue weighted by molar-refractivity contribution is 8.76. The Bertz CT molecular complexity index is 1280. The van der Waals surface area contributed by atoms with Gasteiger partial charge in [0.2, 0.25) is 0 Å². The molecule has 286 valence electrons. The van der Waals surface area contributed by atoms with Crippen molar-refractivity contribution in [3.8, 4) is 11.5 Å². The number of carbonyl (C=O) groups excluding carboxylic acids is 4. The molecule has 4 unspecified atom stereocenters. The van der Waals surface area contributed by atoms with E-state index in [0.29, 0.717) is 24.7 Å². The van der Waals surface area contributed by atoms with Gasteiger partial charge in [0.15, 0.2) is 12.6 Å². The van der Waals surface area contributed by atoms with Gasteiger partial charge in [-0.1, -0.05) is 45.9 Å². The average molecular weight is 765 g/mol. The van der Waals surface area contributed by atoms with Crippen molar-refractivity contribution in [1.82, 2.24) is 0 Å². The molecule has 4 N–H and O–H groups in total. The van der Waals surface area contributed by atoms with Crippen molar-refractivity contribution in [3.05, 3.63) is 59.7 Å². The molecule has 2 heterocycles. The summed E-state index contributed by atoms with van der Waals surface area (Å²) in [4.78, 5) is 48.7. The lowest BCUT2D eigenvalue weighted by molar-refractivity contribution is -0.152. The molecule has 2 aromatic rings. The monoisotopic (exact) mass is 764 g/mol. The number of hydrogen-bond acceptors (Lipinski definition) is 16. The van der Waals surface area contributed by atoms with Crippen molar-refractivity contribution in [1.29, 1.82) is 0 Å². The van der Waals surface area contributed by atoms with Crippen LogP contribution < -0.4 is 20.9 Å². The molecule has 4 atom stereocenters. The Morgan fingerprint density at radius 3 is 1.35 bits per heavy atom. The number of carbonyl (C=O) groups is 4. The second-order valence-corrected chi connectivity index (χ2v) is 14.6. The zero-order chi connectivity index (χ0) is 37.0. The molecule has 2 aromatic carbocycles. The smallest absolute Gasteiger partial charge is 0.323 e. The molecule has 2 saturated heterocycles. The second-order valence-electron chi connectivity index (χ2n) is 12.0. The predicted octanol–water partition coefficient (Wildman–Crippen LogP) is 3.49. The Morgan fingerprint density at radius 1 is 0.596 bits per heavy atom. The van der Waals surface area contributed by atoms with Crippen LogP contribution in [0.4, 0.5) is 0 Å². The van der Waals surface area contributed by atoms with Gasteiger partial charge in [0, 0.05) is 24.3 Å². The van der Waals surface area contributed by atoms with Crippen molar-refractivity contribution in [2.24, 2.45) is 11.5 Å². The third-order valence-corrected chi connectivity index (χ3v) is 10.2. The minimum atomic E-state index is -0.923. The molecule has 2 aliphatic heterocycles. The largest absolute Gasteiger partial charge is 0.465 e. The summed E-state index contributed by atoms with van der Waals surface area (Å²) in [6.45, 7) is 0.928. The van der Waals surface area contributed by atoms with Gasteiger partial charge in [0.05, 0.1) is 26.1 Å². The van der Waals surface area contributed by atoms with Crippen LogP contribution in [0.3, 0.4) is 0 Å². The van der Waals surface area contributed by atoms with E-state index in [1.807, 2.05) is 0 Å². The van der Waals surface area contributed by atoms with E-state index in [1.54, 1.807) is 48.5 Å². The maximum atomic E-state index is 12.2. The maximum Gasteiger partial charge on any atom is 0.323 e. The first-order valence-electron chi connectivity index (χ1n) is 17.4. The minimum Gasteiger partial charge on any atom is -0.465 e. The van der Waals surface area contributed by atoms with Crippen LogP contribution in [0.25, 0.3) is 0 Å². The van der Waals surface area contributed by atoms with Crippen LogP contribution >= 0.6 is 21.6 Å². The van der Waals surface area contributed by atoms with Crippen LogP contribution in [0.2, 0.25) is 0 Å². The van der Waals surface area contributed by atoms with Gasteiger partial charge >= 0.3 is 23.9 Å². The van der Waals surface area contributed by atoms with E-state index in [9.17, 15) is 19.2 Å². The van der Waals surface area contributed by atoms with Crippen LogP contribution in [0.1, 0.15) is 49.7 Å². The molecule has 0 aliphatic carbocycles. The summed E-state index contributed by atoms with van der Waals surface area (Å²) in [5, 5.41) is 0. The number of hydrogen-bond donors (Lipinski definition) is 2. The number of rotatable bonds is 21. The quantitative estimate of drug-likeness (QED) is 0.0811. The van der Waals surface area contributed by atoms with Gasteiger partial charge < -0.3 is 49.4 Å². The van der Waals surface area contributed by atoms with Crippen LogP contribution in [0.15, 0.2) is 48.5 Å². The van der Waals surface area contributed by atoms with Gasteiger partial charge in [0.25, 0.3) is 0 Å². The van der Waals surface area contributed by atoms with E-state index >= 15 is 0 Å². The van der Waals surface area contributed by atoms with Gasteiger partial charge in [-0.05, 0) is 61.1 Å². The highest BCUT2D eigenvalue weighted by Gasteiger charge is 2.20. The van der Waals surface area contributed by atoms with Crippen molar-refractivity contribution in [3.63, 3.8) is 0 Å². The zero-order valence-electron chi connectivity index (χ0n) is 29.1. The second kappa shape index (κ2) is 23.2. The molecule has 0 bridgehead atoms. The average Bonchev–Trinajstić information content (AvgIpc) is 3.15. The van der Waals surface area contributed by atoms with E-state index in [-0.39, 0.29) is 63.4 Å². The molecule has 0 amide bonds. The summed E-state index contributed by atoms with van der Waals surface area (Å²) in [7, 11) is 2.50. The third-order valence-electron chi connectivity index (χ3n) is 7.72. The van der Waals surface area contributed by atoms with Crippen molar-refractivity contribution < 1.29 is 57.1 Å². The van der Waals surface area contributed by atoms with E-state index in [4.69, 9.17) is 49.4 Å². The number of esters is 4. The first-order chi connectivity index (χ1) is 25.2. The Kier molecular flexibility index (Phi) is 18.4. The molecule has 14 nitrogen and oxygen atoms in total. The molecule has 0 spiro atoms. The Labute approximate surface area is 311 Å². The number of benzene rings is 2. The Morgan fingerprint density at radius 2 is 0.981 bits per heavy atom. The summed E-state index contributed by atoms with van der Waals surface area (Å²) >= 11 is 0. The lowest BCUT2D eigenvalue weighted by atomic mass is 10.1. The molecule has 4 rings (SSSR count). The van der Waals surface area contributed by atoms with E-state index in [2.05, 4.69) is 0 Å². The fraction of sp³-hybridized carbons (Fsp3) is 0.556. The topological polar surface area (TPSA) is 194 Å². The summed E-state index contributed by atoms with van der Waals surface area (Å²) < 4.78 is 43.3. The van der Waals surface area contributed by atoms with Gasteiger partial charge in [-0.15, -0.1) is 0 Å². The molecule has 52 heavy (non-hydrogen) atoms. The molecule has 0 saturated carbocycles. The molecule has 2 aliphatic rings. The standard InChI is InChI=1S/C36H48N2O12S2/c37-29(35(41)47-19-17-43-31(39)21-25-7-11-27(12-8-25)49-33-5-1-3-15-45-33)23-51-52-24-30(38)36(42)48-20-18-44-32(40)22-26-9-13-28(14-10-26)50-34-6-2-4-16-46-34/h7-14,29-30,33-34H,1-6,15-24,37-38H2. The Hall–Kier alpha value is -3.54. The summed E-state index contributed by atoms with van der Waals surface area (Å²) in [5.74, 6) is -0.439. The van der Waals surface area contributed by atoms with Crippen molar-refractivity contribution >= 4 is 45.5 Å². The van der Waals surface area contributed by atoms with Gasteiger partial charge in [-0.25, -0.2) is 0 Å². The van der Waals surface area contributed by atoms with Gasteiger partial charge in [0.1, 0.15) is 50.0 Å². The van der Waals surface area contributed by atoms with Crippen LogP contribution in [0, 0.1) is 0 Å². The van der Waals surface area contributed by atoms with Crippen molar-refractivity contribution in [2.75, 3.05) is 51.1 Å². The molecule has 0 aromatic heterocycles. The van der Waals surface area contributed by atoms with Crippen LogP contribution in [0.5, 0.6) is 11.5 Å². The SMILES string of the molecule is NC(CSSCC(N)C(=O)OCCOC(=O)Cc1ccc(OC2CCCCO2)cc1)C(=O)OCCOC(=O)Cc1ccc(OC2CCCCO2)cc1. The molecular formula is C36H48N2O12S2. The lowest BCUT2D eigenvalue weighted by Gasteiger charge is -2.23. The molecular weight excluding hydrogens is 717 g/mol. The van der Waals surface area contributed by atoms with Crippen LogP contribution in [-0.4, -0.2) is 99.7 Å². The summed E-state index contributed by atoms with van der Waals surface area (Å²) in [5.41, 5.74) is 13.3. The zero-order valence-corrected chi connectivity index (χ0v) is 30.7. The molecule has 0 radical (unpaired) electrons. The number of nitrogens with two attached hydrogens (primary N) is 2. The predicted molar refractivity (Wildman–Crippen MR) is 193 cm³/mol. The normalized spacial score (nSPS) is 18.3. The fourth-order valence-electron chi connectivity index (χ4n) is 4.91. The van der Waals surface area contributed by atoms with E-state index in [0.717, 1.165) is 49.7 Å². The van der Waals surface area contributed by atoms with E-state index < -0.39 is 36.0 Å². The van der Waals surface area contributed by atoms with Crippen LogP contribution in [-0.2, 0) is 60.4 Å². The highest BCUT2D eigenvalue weighted by Crippen LogP contribution is 2.23. The number of ether oxygens (including phenoxy) is 8. The van der Waals surface area contributed by atoms with E-state index in [1.165, 1.54) is 21.6 Å².